The number of anilines is 2. The minimum atomic E-state index is -0.257. The largest absolute Gasteiger partial charge is 0.382 e. The van der Waals surface area contributed by atoms with Gasteiger partial charge < -0.3 is 15.2 Å². The number of allylic oxidation sites excluding steroid dienone is 4. The van der Waals surface area contributed by atoms with Gasteiger partial charge in [-0.1, -0.05) is 36.4 Å². The van der Waals surface area contributed by atoms with Crippen LogP contribution in [0.15, 0.2) is 83.0 Å². The molecule has 0 aliphatic heterocycles. The average molecular weight is 486 g/mol. The van der Waals surface area contributed by atoms with Crippen LogP contribution in [0, 0.1) is 5.92 Å². The Balaban J connectivity index is 1.46. The van der Waals surface area contributed by atoms with Crippen LogP contribution in [-0.4, -0.2) is 37.9 Å². The minimum Gasteiger partial charge on any atom is -0.382 e. The molecule has 1 aromatic carbocycles. The Morgan fingerprint density at radius 1 is 1.25 bits per heavy atom. The maximum atomic E-state index is 14.6. The predicted molar refractivity (Wildman–Crippen MR) is 133 cm³/mol. The van der Waals surface area contributed by atoms with E-state index in [-0.39, 0.29) is 35.8 Å². The van der Waals surface area contributed by atoms with E-state index in [0.29, 0.717) is 33.9 Å². The molecule has 1 aliphatic rings. The van der Waals surface area contributed by atoms with Gasteiger partial charge in [0.05, 0.1) is 18.4 Å². The van der Waals surface area contributed by atoms with Crippen LogP contribution >= 0.6 is 0 Å². The van der Waals surface area contributed by atoms with Crippen molar-refractivity contribution >= 4 is 17.4 Å². The lowest BCUT2D eigenvalue weighted by Crippen LogP contribution is -2.27. The van der Waals surface area contributed by atoms with E-state index in [1.165, 1.54) is 17.4 Å². The molecule has 182 valence electrons. The summed E-state index contributed by atoms with van der Waals surface area (Å²) in [4.78, 5) is 23.0. The highest BCUT2D eigenvalue weighted by atomic mass is 19.1. The fourth-order valence-corrected chi connectivity index (χ4v) is 4.00. The van der Waals surface area contributed by atoms with E-state index >= 15 is 0 Å². The van der Waals surface area contributed by atoms with Crippen LogP contribution in [0.4, 0.5) is 15.9 Å². The molecule has 1 atom stereocenters. The van der Waals surface area contributed by atoms with Crippen molar-refractivity contribution in [3.8, 4) is 22.9 Å². The van der Waals surface area contributed by atoms with E-state index < -0.39 is 0 Å². The van der Waals surface area contributed by atoms with Crippen LogP contribution in [0.5, 0.6) is 0 Å². The van der Waals surface area contributed by atoms with Gasteiger partial charge in [0.1, 0.15) is 29.2 Å². The van der Waals surface area contributed by atoms with Crippen molar-refractivity contribution < 1.29 is 13.7 Å². The summed E-state index contributed by atoms with van der Waals surface area (Å²) in [6.07, 6.45) is 7.20. The summed E-state index contributed by atoms with van der Waals surface area (Å²) in [6.45, 7) is 2.18. The first-order valence-electron chi connectivity index (χ1n) is 11.4. The lowest BCUT2D eigenvalue weighted by Gasteiger charge is -2.18. The van der Waals surface area contributed by atoms with Crippen molar-refractivity contribution in [2.45, 2.75) is 19.9 Å². The Morgan fingerprint density at radius 3 is 2.75 bits per heavy atom. The summed E-state index contributed by atoms with van der Waals surface area (Å²) in [5.74, 6) is 0.0536. The van der Waals surface area contributed by atoms with Crippen molar-refractivity contribution in [3.63, 3.8) is 0 Å². The first-order chi connectivity index (χ1) is 17.4. The first kappa shape index (κ1) is 23.2. The van der Waals surface area contributed by atoms with E-state index in [1.807, 2.05) is 19.1 Å². The van der Waals surface area contributed by atoms with Gasteiger partial charge in [-0.2, -0.15) is 5.10 Å². The number of hydrogen-bond acceptors (Lipinski definition) is 7. The molecule has 0 spiro atoms. The smallest absolute Gasteiger partial charge is 0.258 e. The molecule has 3 heterocycles. The summed E-state index contributed by atoms with van der Waals surface area (Å²) in [5.41, 5.74) is 9.25. The highest BCUT2D eigenvalue weighted by Crippen LogP contribution is 2.30. The summed E-state index contributed by atoms with van der Waals surface area (Å²) < 4.78 is 21.2. The quantitative estimate of drug-likeness (QED) is 0.422. The zero-order chi connectivity index (χ0) is 25.2. The Bertz CT molecular complexity index is 1460. The van der Waals surface area contributed by atoms with Crippen molar-refractivity contribution in [2.75, 3.05) is 17.7 Å². The van der Waals surface area contributed by atoms with Crippen molar-refractivity contribution in [2.24, 2.45) is 5.92 Å². The Morgan fingerprint density at radius 2 is 2.06 bits per heavy atom. The second-order valence-corrected chi connectivity index (χ2v) is 8.61. The minimum absolute atomic E-state index is 0.127. The van der Waals surface area contributed by atoms with Crippen molar-refractivity contribution in [1.82, 2.24) is 24.9 Å². The number of benzene rings is 1. The molecule has 1 amide bonds. The van der Waals surface area contributed by atoms with Gasteiger partial charge in [-0.25, -0.2) is 14.4 Å². The highest BCUT2D eigenvalue weighted by molar-refractivity contribution is 6.06. The van der Waals surface area contributed by atoms with E-state index in [1.54, 1.807) is 54.2 Å². The number of nitrogen functional groups attached to an aromatic ring is 1. The van der Waals surface area contributed by atoms with Crippen LogP contribution in [0.2, 0.25) is 0 Å². The van der Waals surface area contributed by atoms with Crippen LogP contribution in [0.1, 0.15) is 23.7 Å². The molecule has 0 fully saturated rings. The number of halogens is 1. The van der Waals surface area contributed by atoms with Gasteiger partial charge >= 0.3 is 0 Å². The molecule has 5 rings (SSSR count). The Labute approximate surface area is 206 Å². The third-order valence-corrected chi connectivity index (χ3v) is 5.99. The van der Waals surface area contributed by atoms with Crippen LogP contribution < -0.4 is 10.6 Å². The zero-order valence-corrected chi connectivity index (χ0v) is 19.8. The molecule has 0 radical (unpaired) electrons. The van der Waals surface area contributed by atoms with Crippen LogP contribution in [-0.2, 0) is 6.54 Å². The second kappa shape index (κ2) is 9.57. The molecule has 0 saturated carbocycles. The van der Waals surface area contributed by atoms with Crippen molar-refractivity contribution in [1.29, 1.82) is 0 Å². The predicted octanol–water partition coefficient (Wildman–Crippen LogP) is 4.67. The van der Waals surface area contributed by atoms with Crippen LogP contribution in [0.25, 0.3) is 22.9 Å². The molecule has 9 nitrogen and oxygen atoms in total. The normalized spacial score (nSPS) is 15.4. The molecule has 10 heteroatoms. The fourth-order valence-electron chi connectivity index (χ4n) is 4.00. The van der Waals surface area contributed by atoms with Gasteiger partial charge in [-0.05, 0) is 36.6 Å². The summed E-state index contributed by atoms with van der Waals surface area (Å²) in [6, 6.07) is 12.3. The average Bonchev–Trinajstić information content (AvgIpc) is 3.55. The molecule has 0 saturated heterocycles. The van der Waals surface area contributed by atoms with Gasteiger partial charge in [0.25, 0.3) is 5.91 Å². The lowest BCUT2D eigenvalue weighted by atomic mass is 9.97. The second-order valence-electron chi connectivity index (χ2n) is 8.61. The molecular weight excluding hydrogens is 461 g/mol. The Kier molecular flexibility index (Phi) is 6.16. The number of rotatable bonds is 6. The highest BCUT2D eigenvalue weighted by Gasteiger charge is 2.21. The fraction of sp³-hybridized carbons (Fsp3) is 0.192. The molecule has 36 heavy (non-hydrogen) atoms. The maximum Gasteiger partial charge on any atom is 0.258 e. The number of hydrogen-bond donors (Lipinski definition) is 1. The summed E-state index contributed by atoms with van der Waals surface area (Å²) in [7, 11) is 1.61. The molecular formula is C26H24FN7O2. The number of nitrogens with two attached hydrogens (primary N) is 1. The van der Waals surface area contributed by atoms with E-state index in [0.717, 1.165) is 6.42 Å². The number of carbonyl (C=O) groups excluding carboxylic acids is 1. The Hall–Kier alpha value is -4.60. The number of aromatic nitrogens is 5. The molecule has 4 aromatic rings. The van der Waals surface area contributed by atoms with E-state index in [4.69, 9.17) is 10.3 Å². The zero-order valence-electron chi connectivity index (χ0n) is 19.8. The lowest BCUT2D eigenvalue weighted by molar-refractivity contribution is 0.0993. The molecule has 0 bridgehead atoms. The van der Waals surface area contributed by atoms with Gasteiger partial charge in [-0.3, -0.25) is 9.48 Å². The number of carbonyl (C=O) groups is 1. The van der Waals surface area contributed by atoms with Gasteiger partial charge in [0.2, 0.25) is 0 Å². The van der Waals surface area contributed by atoms with Gasteiger partial charge in [0.15, 0.2) is 11.6 Å². The number of nitrogens with zero attached hydrogens (tertiary/aromatic N) is 6. The van der Waals surface area contributed by atoms with Crippen molar-refractivity contribution in [3.05, 3.63) is 84.0 Å². The molecule has 1 aliphatic carbocycles. The van der Waals surface area contributed by atoms with Gasteiger partial charge in [0, 0.05) is 24.3 Å². The van der Waals surface area contributed by atoms with Gasteiger partial charge in [-0.15, -0.1) is 0 Å². The SMILES string of the molecule is CC1C=C(F)C(Cn2nc(-c3ncc(N(C)C(=O)c4ccccc4)c(N)n3)cc2-c2ccon2)=CC1. The third kappa shape index (κ3) is 4.52. The molecule has 2 N–H and O–H groups in total. The van der Waals surface area contributed by atoms with E-state index in [2.05, 4.69) is 20.2 Å². The standard InChI is InChI=1S/C26H24FN7O2/c1-16-8-9-18(19(27)12-16)15-34-22(20-10-11-36-32-20)13-21(31-34)25-29-14-23(24(28)30-25)33(2)26(35)17-6-4-3-5-7-17/h3-7,9-14,16H,8,15H2,1-2H3,(H2,28,29,30). The molecule has 3 aromatic heterocycles. The third-order valence-electron chi connectivity index (χ3n) is 5.99. The monoisotopic (exact) mass is 485 g/mol. The summed E-state index contributed by atoms with van der Waals surface area (Å²) in [5, 5.41) is 8.63. The topological polar surface area (TPSA) is 116 Å². The molecule has 1 unspecified atom stereocenters. The van der Waals surface area contributed by atoms with Crippen LogP contribution in [0.3, 0.4) is 0 Å². The first-order valence-corrected chi connectivity index (χ1v) is 11.4. The number of amides is 1. The van der Waals surface area contributed by atoms with E-state index in [9.17, 15) is 9.18 Å². The maximum absolute atomic E-state index is 14.6. The summed E-state index contributed by atoms with van der Waals surface area (Å²) >= 11 is 0.